The lowest BCUT2D eigenvalue weighted by Crippen LogP contribution is -2.27. The van der Waals surface area contributed by atoms with Gasteiger partial charge in [0.15, 0.2) is 0 Å². The van der Waals surface area contributed by atoms with E-state index in [9.17, 15) is 4.79 Å². The number of carbonyl (C=O) groups excluding carboxylic acids is 1. The normalized spacial score (nSPS) is 11.8. The van der Waals surface area contributed by atoms with E-state index >= 15 is 0 Å². The van der Waals surface area contributed by atoms with E-state index in [0.29, 0.717) is 19.4 Å². The molecule has 0 saturated heterocycles. The number of benzene rings is 2. The molecule has 3 heteroatoms. The number of amides is 1. The summed E-state index contributed by atoms with van der Waals surface area (Å²) in [6.07, 6.45) is 1.18. The van der Waals surface area contributed by atoms with Crippen LogP contribution < -0.4 is 10.1 Å². The van der Waals surface area contributed by atoms with E-state index in [0.717, 1.165) is 5.75 Å². The molecule has 0 bridgehead atoms. The zero-order chi connectivity index (χ0) is 17.5. The first-order valence-corrected chi connectivity index (χ1v) is 8.52. The number of para-hydroxylation sites is 1. The van der Waals surface area contributed by atoms with Gasteiger partial charge in [-0.1, -0.05) is 30.3 Å². The number of hydrogen-bond donors (Lipinski definition) is 1. The van der Waals surface area contributed by atoms with Crippen LogP contribution in [0.25, 0.3) is 0 Å². The van der Waals surface area contributed by atoms with Crippen molar-refractivity contribution in [2.75, 3.05) is 6.61 Å². The van der Waals surface area contributed by atoms with Crippen LogP contribution in [-0.4, -0.2) is 12.5 Å². The first-order valence-electron chi connectivity index (χ1n) is 8.52. The maximum atomic E-state index is 12.1. The molecule has 0 fully saturated rings. The molecule has 0 radical (unpaired) electrons. The van der Waals surface area contributed by atoms with Gasteiger partial charge < -0.3 is 10.1 Å². The molecule has 2 aromatic carbocycles. The van der Waals surface area contributed by atoms with Gasteiger partial charge in [-0.3, -0.25) is 4.79 Å². The number of nitrogens with one attached hydrogen (secondary N) is 1. The zero-order valence-corrected chi connectivity index (χ0v) is 15.1. The van der Waals surface area contributed by atoms with Crippen LogP contribution >= 0.6 is 0 Å². The van der Waals surface area contributed by atoms with Gasteiger partial charge in [-0.15, -0.1) is 0 Å². The Hall–Kier alpha value is -2.29. The summed E-state index contributed by atoms with van der Waals surface area (Å²) in [5.74, 6) is 0.911. The van der Waals surface area contributed by atoms with Gasteiger partial charge in [0.1, 0.15) is 5.75 Å². The Bertz CT molecular complexity index is 680. The number of ether oxygens (including phenoxy) is 1. The van der Waals surface area contributed by atoms with Crippen molar-refractivity contribution in [3.05, 3.63) is 64.7 Å². The van der Waals surface area contributed by atoms with Crippen LogP contribution in [0.4, 0.5) is 0 Å². The summed E-state index contributed by atoms with van der Waals surface area (Å²) in [5.41, 5.74) is 4.95. The number of aryl methyl sites for hydroxylation is 3. The average molecular weight is 325 g/mol. The fourth-order valence-corrected chi connectivity index (χ4v) is 2.78. The van der Waals surface area contributed by atoms with E-state index in [4.69, 9.17) is 4.74 Å². The van der Waals surface area contributed by atoms with Gasteiger partial charge in [0.05, 0.1) is 12.6 Å². The molecule has 0 spiro atoms. The minimum absolute atomic E-state index is 0.0202. The lowest BCUT2D eigenvalue weighted by Gasteiger charge is -2.18. The van der Waals surface area contributed by atoms with Gasteiger partial charge in [0, 0.05) is 6.42 Å². The molecule has 0 aliphatic heterocycles. The lowest BCUT2D eigenvalue weighted by molar-refractivity contribution is -0.121. The molecule has 128 valence electrons. The minimum Gasteiger partial charge on any atom is -0.494 e. The van der Waals surface area contributed by atoms with Gasteiger partial charge in [-0.25, -0.2) is 0 Å². The maximum absolute atomic E-state index is 12.1. The Morgan fingerprint density at radius 2 is 1.71 bits per heavy atom. The van der Waals surface area contributed by atoms with Crippen LogP contribution in [0.15, 0.2) is 42.5 Å². The molecule has 0 aromatic heterocycles. The monoisotopic (exact) mass is 325 g/mol. The van der Waals surface area contributed by atoms with Crippen molar-refractivity contribution < 1.29 is 9.53 Å². The highest BCUT2D eigenvalue weighted by Gasteiger charge is 2.12. The summed E-state index contributed by atoms with van der Waals surface area (Å²) >= 11 is 0. The van der Waals surface area contributed by atoms with E-state index < -0.39 is 0 Å². The van der Waals surface area contributed by atoms with Crippen LogP contribution in [0.5, 0.6) is 5.75 Å². The van der Waals surface area contributed by atoms with Gasteiger partial charge >= 0.3 is 0 Å². The summed E-state index contributed by atoms with van der Waals surface area (Å²) in [6.45, 7) is 8.90. The predicted octanol–water partition coefficient (Wildman–Crippen LogP) is 4.65. The van der Waals surface area contributed by atoms with Crippen LogP contribution in [0, 0.1) is 20.8 Å². The van der Waals surface area contributed by atoms with Crippen molar-refractivity contribution in [3.63, 3.8) is 0 Å². The van der Waals surface area contributed by atoms with Crippen molar-refractivity contribution in [2.45, 2.75) is 46.6 Å². The standard InChI is InChI=1S/C21H27NO2/c1-15-13-17(3)20(14-16(15)2)18(4)22-21(23)11-8-12-24-19-9-6-5-7-10-19/h5-7,9-10,13-14,18H,8,11-12H2,1-4H3,(H,22,23)/t18-/m0/s1. The Labute approximate surface area is 145 Å². The third-order valence-electron chi connectivity index (χ3n) is 4.29. The van der Waals surface area contributed by atoms with Crippen LogP contribution in [0.2, 0.25) is 0 Å². The third kappa shape index (κ3) is 5.12. The van der Waals surface area contributed by atoms with Crippen LogP contribution in [-0.2, 0) is 4.79 Å². The summed E-state index contributed by atoms with van der Waals surface area (Å²) in [4.78, 5) is 12.1. The fraction of sp³-hybridized carbons (Fsp3) is 0.381. The van der Waals surface area contributed by atoms with Gasteiger partial charge in [0.25, 0.3) is 0 Å². The highest BCUT2D eigenvalue weighted by Crippen LogP contribution is 2.21. The number of hydrogen-bond acceptors (Lipinski definition) is 2. The Balaban J connectivity index is 1.78. The molecule has 1 atom stereocenters. The van der Waals surface area contributed by atoms with Crippen molar-refractivity contribution in [1.82, 2.24) is 5.32 Å². The second-order valence-electron chi connectivity index (χ2n) is 6.35. The minimum atomic E-state index is 0.0202. The molecule has 1 N–H and O–H groups in total. The third-order valence-corrected chi connectivity index (χ3v) is 4.29. The van der Waals surface area contributed by atoms with E-state index in [1.165, 1.54) is 22.3 Å². The molecule has 2 rings (SSSR count). The molecule has 3 nitrogen and oxygen atoms in total. The Morgan fingerprint density at radius 3 is 2.42 bits per heavy atom. The lowest BCUT2D eigenvalue weighted by atomic mass is 9.96. The highest BCUT2D eigenvalue weighted by atomic mass is 16.5. The number of carbonyl (C=O) groups is 1. The molecule has 24 heavy (non-hydrogen) atoms. The fourth-order valence-electron chi connectivity index (χ4n) is 2.78. The maximum Gasteiger partial charge on any atom is 0.220 e. The SMILES string of the molecule is Cc1cc(C)c([C@H](C)NC(=O)CCCOc2ccccc2)cc1C. The highest BCUT2D eigenvalue weighted by molar-refractivity contribution is 5.76. The van der Waals surface area contributed by atoms with Crippen molar-refractivity contribution in [2.24, 2.45) is 0 Å². The quantitative estimate of drug-likeness (QED) is 0.753. The van der Waals surface area contributed by atoms with E-state index in [2.05, 4.69) is 38.2 Å². The van der Waals surface area contributed by atoms with Crippen LogP contribution in [0.1, 0.15) is 48.1 Å². The van der Waals surface area contributed by atoms with E-state index in [-0.39, 0.29) is 11.9 Å². The first kappa shape index (κ1) is 18.1. The van der Waals surface area contributed by atoms with Crippen molar-refractivity contribution in [3.8, 4) is 5.75 Å². The Kier molecular flexibility index (Phi) is 6.42. The zero-order valence-electron chi connectivity index (χ0n) is 15.1. The molecule has 0 aliphatic carbocycles. The first-order chi connectivity index (χ1) is 11.5. The summed E-state index contributed by atoms with van der Waals surface area (Å²) in [6, 6.07) is 14.1. The summed E-state index contributed by atoms with van der Waals surface area (Å²) in [5, 5.41) is 3.09. The second kappa shape index (κ2) is 8.53. The smallest absolute Gasteiger partial charge is 0.220 e. The predicted molar refractivity (Wildman–Crippen MR) is 98.4 cm³/mol. The molecule has 0 saturated carbocycles. The molecule has 0 aliphatic rings. The van der Waals surface area contributed by atoms with Gasteiger partial charge in [-0.05, 0) is 68.5 Å². The topological polar surface area (TPSA) is 38.3 Å². The average Bonchev–Trinajstić information content (AvgIpc) is 2.56. The molecule has 0 unspecified atom stereocenters. The largest absolute Gasteiger partial charge is 0.494 e. The van der Waals surface area contributed by atoms with E-state index in [1.54, 1.807) is 0 Å². The van der Waals surface area contributed by atoms with Crippen molar-refractivity contribution >= 4 is 5.91 Å². The summed E-state index contributed by atoms with van der Waals surface area (Å²) < 4.78 is 5.61. The molecular formula is C21H27NO2. The van der Waals surface area contributed by atoms with Gasteiger partial charge in [0.2, 0.25) is 5.91 Å². The molecular weight excluding hydrogens is 298 g/mol. The van der Waals surface area contributed by atoms with E-state index in [1.807, 2.05) is 37.3 Å². The number of rotatable bonds is 7. The molecule has 2 aromatic rings. The molecule has 0 heterocycles. The van der Waals surface area contributed by atoms with Crippen molar-refractivity contribution in [1.29, 1.82) is 0 Å². The molecule has 1 amide bonds. The Morgan fingerprint density at radius 1 is 1.04 bits per heavy atom. The summed E-state index contributed by atoms with van der Waals surface area (Å²) in [7, 11) is 0. The van der Waals surface area contributed by atoms with Gasteiger partial charge in [-0.2, -0.15) is 0 Å². The van der Waals surface area contributed by atoms with Crippen LogP contribution in [0.3, 0.4) is 0 Å². The second-order valence-corrected chi connectivity index (χ2v) is 6.35.